The highest BCUT2D eigenvalue weighted by molar-refractivity contribution is 7.51. The number of likely N-dealkylation sites (N-methyl/N-ethyl adjacent to an activating group) is 1. The van der Waals surface area contributed by atoms with Crippen LogP contribution in [0.1, 0.15) is 0 Å². The molecule has 10 heavy (non-hydrogen) atoms. The predicted octanol–water partition coefficient (Wildman–Crippen LogP) is 0.380. The Bertz CT molecular complexity index is 131. The van der Waals surface area contributed by atoms with E-state index in [4.69, 9.17) is 4.89 Å². The van der Waals surface area contributed by atoms with E-state index in [9.17, 15) is 4.57 Å². The lowest BCUT2D eigenvalue weighted by Crippen LogP contribution is -2.17. The van der Waals surface area contributed by atoms with E-state index in [1.165, 1.54) is 6.66 Å². The third-order valence-corrected chi connectivity index (χ3v) is 1.53. The smallest absolute Gasteiger partial charge is 0.324 e. The van der Waals surface area contributed by atoms with Gasteiger partial charge in [0.25, 0.3) is 0 Å². The molecule has 62 valence electrons. The normalized spacial score (nSPS) is 17.3. The van der Waals surface area contributed by atoms with E-state index < -0.39 is 7.60 Å². The van der Waals surface area contributed by atoms with Crippen LogP contribution < -0.4 is 0 Å². The number of rotatable bonds is 4. The average Bonchev–Trinajstić information content (AvgIpc) is 1.59. The molecule has 0 saturated heterocycles. The molecular weight excluding hydrogens is 153 g/mol. The van der Waals surface area contributed by atoms with Crippen molar-refractivity contribution in [3.8, 4) is 0 Å². The van der Waals surface area contributed by atoms with Gasteiger partial charge in [-0.3, -0.25) is 4.57 Å². The van der Waals surface area contributed by atoms with Crippen molar-refractivity contribution in [2.75, 3.05) is 33.9 Å². The van der Waals surface area contributed by atoms with Crippen LogP contribution in [0.25, 0.3) is 0 Å². The second-order valence-corrected chi connectivity index (χ2v) is 4.30. The molecule has 4 nitrogen and oxygen atoms in total. The number of hydrogen-bond acceptors (Lipinski definition) is 3. The van der Waals surface area contributed by atoms with Crippen LogP contribution >= 0.6 is 7.60 Å². The van der Waals surface area contributed by atoms with Crippen LogP contribution in [-0.4, -0.2) is 43.7 Å². The van der Waals surface area contributed by atoms with Gasteiger partial charge >= 0.3 is 7.60 Å². The zero-order valence-corrected chi connectivity index (χ0v) is 7.47. The molecule has 0 fully saturated rings. The first-order chi connectivity index (χ1) is 4.42. The molecule has 0 bridgehead atoms. The van der Waals surface area contributed by atoms with E-state index in [0.717, 1.165) is 0 Å². The lowest BCUT2D eigenvalue weighted by Gasteiger charge is -2.10. The molecule has 0 aliphatic carbocycles. The Morgan fingerprint density at radius 3 is 2.40 bits per heavy atom. The summed E-state index contributed by atoms with van der Waals surface area (Å²) in [4.78, 5) is 10.5. The number of nitrogens with zero attached hydrogens (tertiary/aromatic N) is 1. The molecule has 0 radical (unpaired) electrons. The van der Waals surface area contributed by atoms with Crippen LogP contribution in [-0.2, 0) is 9.09 Å². The molecule has 0 heterocycles. The molecule has 0 aromatic rings. The molecule has 1 unspecified atom stereocenters. The monoisotopic (exact) mass is 167 g/mol. The third kappa shape index (κ3) is 8.11. The van der Waals surface area contributed by atoms with Crippen molar-refractivity contribution in [3.05, 3.63) is 0 Å². The number of hydrogen-bond donors (Lipinski definition) is 1. The van der Waals surface area contributed by atoms with Gasteiger partial charge in [-0.25, -0.2) is 0 Å². The first-order valence-corrected chi connectivity index (χ1v) is 5.04. The summed E-state index contributed by atoms with van der Waals surface area (Å²) in [6, 6.07) is 0. The zero-order valence-electron chi connectivity index (χ0n) is 6.57. The van der Waals surface area contributed by atoms with Crippen molar-refractivity contribution < 1.29 is 14.0 Å². The molecule has 0 aliphatic rings. The standard InChI is InChI=1S/C5H14NO3P/c1-6(2)4-5-9-10(3,7)8/h4-5H2,1-3H3,(H,7,8). The van der Waals surface area contributed by atoms with E-state index in [1.807, 2.05) is 19.0 Å². The van der Waals surface area contributed by atoms with Crippen LogP contribution in [0.3, 0.4) is 0 Å². The summed E-state index contributed by atoms with van der Waals surface area (Å²) < 4.78 is 15.1. The van der Waals surface area contributed by atoms with Gasteiger partial charge in [-0.15, -0.1) is 0 Å². The quantitative estimate of drug-likeness (QED) is 0.615. The highest BCUT2D eigenvalue weighted by atomic mass is 31.2. The largest absolute Gasteiger partial charge is 0.325 e. The van der Waals surface area contributed by atoms with Gasteiger partial charge in [0, 0.05) is 13.2 Å². The van der Waals surface area contributed by atoms with Gasteiger partial charge in [-0.05, 0) is 14.1 Å². The van der Waals surface area contributed by atoms with Gasteiger partial charge < -0.3 is 14.3 Å². The maximum atomic E-state index is 10.5. The summed E-state index contributed by atoms with van der Waals surface area (Å²) in [6.45, 7) is 2.15. The van der Waals surface area contributed by atoms with Crippen molar-refractivity contribution >= 4 is 7.60 Å². The van der Waals surface area contributed by atoms with Crippen molar-refractivity contribution in [2.24, 2.45) is 0 Å². The fourth-order valence-electron chi connectivity index (χ4n) is 0.393. The van der Waals surface area contributed by atoms with Gasteiger partial charge in [0.2, 0.25) is 0 Å². The second-order valence-electron chi connectivity index (χ2n) is 2.44. The summed E-state index contributed by atoms with van der Waals surface area (Å²) in [7, 11) is 0.504. The maximum absolute atomic E-state index is 10.5. The van der Waals surface area contributed by atoms with Gasteiger partial charge in [0.05, 0.1) is 6.61 Å². The van der Waals surface area contributed by atoms with Gasteiger partial charge in [0.1, 0.15) is 0 Å². The summed E-state index contributed by atoms with van der Waals surface area (Å²) in [5.74, 6) is 0. The van der Waals surface area contributed by atoms with Gasteiger partial charge in [0.15, 0.2) is 0 Å². The minimum absolute atomic E-state index is 0.303. The maximum Gasteiger partial charge on any atom is 0.325 e. The Kier molecular flexibility index (Phi) is 4.13. The summed E-state index contributed by atoms with van der Waals surface area (Å²) in [5, 5.41) is 0. The highest BCUT2D eigenvalue weighted by Gasteiger charge is 2.08. The minimum Gasteiger partial charge on any atom is -0.324 e. The van der Waals surface area contributed by atoms with E-state index in [0.29, 0.717) is 13.2 Å². The van der Waals surface area contributed by atoms with Crippen LogP contribution in [0, 0.1) is 0 Å². The topological polar surface area (TPSA) is 49.8 Å². The second kappa shape index (κ2) is 4.09. The molecule has 0 rings (SSSR count). The molecule has 0 spiro atoms. The Balaban J connectivity index is 3.30. The molecule has 0 saturated carbocycles. The first kappa shape index (κ1) is 10.1. The van der Waals surface area contributed by atoms with E-state index in [-0.39, 0.29) is 0 Å². The Morgan fingerprint density at radius 1 is 1.60 bits per heavy atom. The van der Waals surface area contributed by atoms with E-state index in [1.54, 1.807) is 0 Å². The van der Waals surface area contributed by atoms with Crippen molar-refractivity contribution in [1.82, 2.24) is 4.90 Å². The van der Waals surface area contributed by atoms with Crippen molar-refractivity contribution in [2.45, 2.75) is 0 Å². The molecule has 1 atom stereocenters. The fraction of sp³-hybridized carbons (Fsp3) is 1.00. The Labute approximate surface area is 61.3 Å². The molecule has 5 heteroatoms. The molecule has 1 N–H and O–H groups in total. The first-order valence-electron chi connectivity index (χ1n) is 3.01. The minimum atomic E-state index is -3.25. The SMILES string of the molecule is CN(C)CCOP(C)(=O)O. The van der Waals surface area contributed by atoms with E-state index >= 15 is 0 Å². The van der Waals surface area contributed by atoms with Crippen LogP contribution in [0.5, 0.6) is 0 Å². The van der Waals surface area contributed by atoms with Crippen molar-refractivity contribution in [1.29, 1.82) is 0 Å². The lowest BCUT2D eigenvalue weighted by molar-refractivity contribution is 0.231. The highest BCUT2D eigenvalue weighted by Crippen LogP contribution is 2.35. The Hall–Kier alpha value is 0.110. The summed E-state index contributed by atoms with van der Waals surface area (Å²) in [5.41, 5.74) is 0. The van der Waals surface area contributed by atoms with Crippen LogP contribution in [0.4, 0.5) is 0 Å². The Morgan fingerprint density at radius 2 is 2.10 bits per heavy atom. The summed E-state index contributed by atoms with van der Waals surface area (Å²) in [6.07, 6.45) is 0. The summed E-state index contributed by atoms with van der Waals surface area (Å²) >= 11 is 0. The lowest BCUT2D eigenvalue weighted by atomic mass is 10.6. The molecule has 0 aromatic heterocycles. The molecule has 0 amide bonds. The van der Waals surface area contributed by atoms with Crippen LogP contribution in [0.15, 0.2) is 0 Å². The van der Waals surface area contributed by atoms with Gasteiger partial charge in [-0.1, -0.05) is 0 Å². The fourth-order valence-corrected chi connectivity index (χ4v) is 0.813. The molecule has 0 aliphatic heterocycles. The molecular formula is C5H14NO3P. The van der Waals surface area contributed by atoms with E-state index in [2.05, 4.69) is 4.52 Å². The predicted molar refractivity (Wildman–Crippen MR) is 40.3 cm³/mol. The average molecular weight is 167 g/mol. The van der Waals surface area contributed by atoms with Crippen molar-refractivity contribution in [3.63, 3.8) is 0 Å². The zero-order chi connectivity index (χ0) is 8.20. The van der Waals surface area contributed by atoms with Gasteiger partial charge in [-0.2, -0.15) is 0 Å². The van der Waals surface area contributed by atoms with Crippen LogP contribution in [0.2, 0.25) is 0 Å². The molecule has 0 aromatic carbocycles. The third-order valence-electron chi connectivity index (χ3n) is 0.869.